The van der Waals surface area contributed by atoms with Gasteiger partial charge in [0.2, 0.25) is 0 Å². The van der Waals surface area contributed by atoms with Crippen LogP contribution in [0.3, 0.4) is 0 Å². The summed E-state index contributed by atoms with van der Waals surface area (Å²) in [5.41, 5.74) is 0.658. The molecule has 0 atom stereocenters. The number of rotatable bonds is 3. The van der Waals surface area contributed by atoms with Crippen molar-refractivity contribution in [2.24, 2.45) is 0 Å². The van der Waals surface area contributed by atoms with E-state index in [9.17, 15) is 14.7 Å². The lowest BCUT2D eigenvalue weighted by Crippen LogP contribution is -2.51. The van der Waals surface area contributed by atoms with E-state index in [1.807, 2.05) is 30.3 Å². The summed E-state index contributed by atoms with van der Waals surface area (Å²) in [6.45, 7) is 2.06. The summed E-state index contributed by atoms with van der Waals surface area (Å²) in [7, 11) is 0. The van der Waals surface area contributed by atoms with Gasteiger partial charge in [0.05, 0.1) is 16.9 Å². The van der Waals surface area contributed by atoms with Crippen molar-refractivity contribution in [3.63, 3.8) is 0 Å². The number of aliphatic hydroxyl groups is 1. The molecule has 9 heteroatoms. The first-order valence-electron chi connectivity index (χ1n) is 8.91. The number of nitrogens with zero attached hydrogens (tertiary/aromatic N) is 5. The molecule has 9 nitrogen and oxygen atoms in total. The average Bonchev–Trinajstić information content (AvgIpc) is 3.09. The number of carbonyl (C=O) groups is 2. The number of pyridine rings is 1. The van der Waals surface area contributed by atoms with Crippen LogP contribution in [0.4, 0.5) is 0 Å². The first kappa shape index (κ1) is 18.1. The minimum Gasteiger partial charge on any atom is -0.479 e. The SMILES string of the molecule is Cc1c(C(=O)N2CCC(O)(C(=O)O)CC2)nnn1-c1ccc2ncccc2c1. The van der Waals surface area contributed by atoms with E-state index in [-0.39, 0.29) is 37.5 Å². The standard InChI is InChI=1S/C19H19N5O4/c1-12-16(17(25)23-9-6-19(28,7-10-23)18(26)27)21-22-24(12)14-4-5-15-13(11-14)3-2-8-20-15/h2-5,8,11,28H,6-7,9-10H2,1H3,(H,26,27). The second kappa shape index (κ2) is 6.68. The summed E-state index contributed by atoms with van der Waals surface area (Å²) in [6, 6.07) is 9.46. The number of likely N-dealkylation sites (tertiary alicyclic amines) is 1. The smallest absolute Gasteiger partial charge is 0.335 e. The van der Waals surface area contributed by atoms with Gasteiger partial charge in [-0.25, -0.2) is 9.48 Å². The fraction of sp³-hybridized carbons (Fsp3) is 0.316. The number of amides is 1. The molecule has 0 saturated carbocycles. The molecule has 28 heavy (non-hydrogen) atoms. The first-order valence-corrected chi connectivity index (χ1v) is 8.91. The molecule has 0 unspecified atom stereocenters. The molecule has 0 spiro atoms. The molecule has 4 rings (SSSR count). The number of hydrogen-bond donors (Lipinski definition) is 2. The van der Waals surface area contributed by atoms with Gasteiger partial charge in [0.15, 0.2) is 11.3 Å². The maximum Gasteiger partial charge on any atom is 0.335 e. The number of benzene rings is 1. The third-order valence-electron chi connectivity index (χ3n) is 5.20. The van der Waals surface area contributed by atoms with Crippen LogP contribution >= 0.6 is 0 Å². The molecule has 0 aliphatic carbocycles. The van der Waals surface area contributed by atoms with E-state index in [0.717, 1.165) is 16.6 Å². The lowest BCUT2D eigenvalue weighted by Gasteiger charge is -2.35. The Kier molecular flexibility index (Phi) is 4.31. The zero-order valence-electron chi connectivity index (χ0n) is 15.2. The van der Waals surface area contributed by atoms with Crippen LogP contribution in [0.15, 0.2) is 36.5 Å². The summed E-state index contributed by atoms with van der Waals surface area (Å²) in [5.74, 6) is -1.58. The number of carboxylic acids is 1. The fourth-order valence-corrected chi connectivity index (χ4v) is 3.41. The van der Waals surface area contributed by atoms with Crippen molar-refractivity contribution < 1.29 is 19.8 Å². The van der Waals surface area contributed by atoms with Gasteiger partial charge in [0.25, 0.3) is 5.91 Å². The van der Waals surface area contributed by atoms with Gasteiger partial charge in [-0.3, -0.25) is 9.78 Å². The maximum absolute atomic E-state index is 12.8. The van der Waals surface area contributed by atoms with Crippen LogP contribution in [-0.2, 0) is 4.79 Å². The quantitative estimate of drug-likeness (QED) is 0.698. The Labute approximate surface area is 160 Å². The second-order valence-corrected chi connectivity index (χ2v) is 6.94. The largest absolute Gasteiger partial charge is 0.479 e. The number of aliphatic carboxylic acids is 1. The van der Waals surface area contributed by atoms with E-state index in [2.05, 4.69) is 15.3 Å². The minimum absolute atomic E-state index is 0.0149. The van der Waals surface area contributed by atoms with Crippen molar-refractivity contribution in [2.75, 3.05) is 13.1 Å². The van der Waals surface area contributed by atoms with Gasteiger partial charge in [0.1, 0.15) is 0 Å². The Bertz CT molecular complexity index is 1070. The predicted molar refractivity (Wildman–Crippen MR) is 99.1 cm³/mol. The third kappa shape index (κ3) is 2.99. The molecule has 1 amide bonds. The molecule has 144 valence electrons. The number of hydrogen-bond acceptors (Lipinski definition) is 6. The zero-order valence-corrected chi connectivity index (χ0v) is 15.2. The summed E-state index contributed by atoms with van der Waals surface area (Å²) < 4.78 is 1.59. The minimum atomic E-state index is -1.78. The highest BCUT2D eigenvalue weighted by molar-refractivity contribution is 5.93. The highest BCUT2D eigenvalue weighted by Gasteiger charge is 2.41. The van der Waals surface area contributed by atoms with E-state index in [4.69, 9.17) is 5.11 Å². The highest BCUT2D eigenvalue weighted by Crippen LogP contribution is 2.24. The van der Waals surface area contributed by atoms with Crippen molar-refractivity contribution in [1.29, 1.82) is 0 Å². The van der Waals surface area contributed by atoms with Crippen LogP contribution in [0.25, 0.3) is 16.6 Å². The Balaban J connectivity index is 1.58. The average molecular weight is 381 g/mol. The van der Waals surface area contributed by atoms with Gasteiger partial charge in [-0.15, -0.1) is 5.10 Å². The van der Waals surface area contributed by atoms with Crippen molar-refractivity contribution in [3.05, 3.63) is 47.9 Å². The van der Waals surface area contributed by atoms with E-state index in [0.29, 0.717) is 5.69 Å². The number of carboxylic acid groups (broad SMARTS) is 1. The van der Waals surface area contributed by atoms with Gasteiger partial charge < -0.3 is 15.1 Å². The molecule has 2 aromatic heterocycles. The normalized spacial score (nSPS) is 16.3. The van der Waals surface area contributed by atoms with Gasteiger partial charge in [-0.2, -0.15) is 0 Å². The van der Waals surface area contributed by atoms with Gasteiger partial charge in [0, 0.05) is 37.5 Å². The molecule has 1 aromatic carbocycles. The molecule has 0 bridgehead atoms. The molecule has 1 saturated heterocycles. The van der Waals surface area contributed by atoms with E-state index in [1.165, 1.54) is 4.90 Å². The monoisotopic (exact) mass is 381 g/mol. The summed E-state index contributed by atoms with van der Waals surface area (Å²) in [6.07, 6.45) is 1.70. The van der Waals surface area contributed by atoms with Crippen LogP contribution in [-0.4, -0.2) is 65.7 Å². The third-order valence-corrected chi connectivity index (χ3v) is 5.20. The van der Waals surface area contributed by atoms with Crippen molar-refractivity contribution >= 4 is 22.8 Å². The van der Waals surface area contributed by atoms with Crippen LogP contribution in [0.2, 0.25) is 0 Å². The molecule has 1 fully saturated rings. The van der Waals surface area contributed by atoms with Crippen LogP contribution in [0, 0.1) is 6.92 Å². The van der Waals surface area contributed by atoms with Gasteiger partial charge in [-0.1, -0.05) is 11.3 Å². The van der Waals surface area contributed by atoms with Crippen molar-refractivity contribution in [1.82, 2.24) is 24.9 Å². The predicted octanol–water partition coefficient (Wildman–Crippen LogP) is 1.18. The molecule has 3 aromatic rings. The van der Waals surface area contributed by atoms with Gasteiger partial charge in [-0.05, 0) is 31.2 Å². The maximum atomic E-state index is 12.8. The fourth-order valence-electron chi connectivity index (χ4n) is 3.41. The summed E-state index contributed by atoms with van der Waals surface area (Å²) >= 11 is 0. The van der Waals surface area contributed by atoms with E-state index >= 15 is 0 Å². The van der Waals surface area contributed by atoms with Crippen molar-refractivity contribution in [2.45, 2.75) is 25.4 Å². The zero-order chi connectivity index (χ0) is 19.9. The number of aromatic nitrogens is 4. The molecular weight excluding hydrogens is 362 g/mol. The molecule has 1 aliphatic heterocycles. The first-order chi connectivity index (χ1) is 13.4. The van der Waals surface area contributed by atoms with Crippen molar-refractivity contribution in [3.8, 4) is 5.69 Å². The molecule has 3 heterocycles. The summed E-state index contributed by atoms with van der Waals surface area (Å²) in [4.78, 5) is 29.8. The van der Waals surface area contributed by atoms with E-state index in [1.54, 1.807) is 17.8 Å². The number of fused-ring (bicyclic) bond motifs is 1. The number of carbonyl (C=O) groups excluding carboxylic acids is 1. The van der Waals surface area contributed by atoms with Crippen LogP contribution in [0.1, 0.15) is 29.0 Å². The lowest BCUT2D eigenvalue weighted by molar-refractivity contribution is -0.162. The van der Waals surface area contributed by atoms with Gasteiger partial charge >= 0.3 is 5.97 Å². The summed E-state index contributed by atoms with van der Waals surface area (Å²) in [5, 5.41) is 28.3. The second-order valence-electron chi connectivity index (χ2n) is 6.94. The van der Waals surface area contributed by atoms with Crippen LogP contribution in [0.5, 0.6) is 0 Å². The Morgan fingerprint density at radius 2 is 1.93 bits per heavy atom. The van der Waals surface area contributed by atoms with E-state index < -0.39 is 11.6 Å². The Hall–Kier alpha value is -3.33. The van der Waals surface area contributed by atoms with Crippen LogP contribution < -0.4 is 0 Å². The Morgan fingerprint density at radius 3 is 2.64 bits per heavy atom. The molecule has 1 aliphatic rings. The Morgan fingerprint density at radius 1 is 1.18 bits per heavy atom. The lowest BCUT2D eigenvalue weighted by atomic mass is 9.91. The molecule has 2 N–H and O–H groups in total. The molecular formula is C19H19N5O4. The number of piperidine rings is 1. The molecule has 0 radical (unpaired) electrons. The topological polar surface area (TPSA) is 121 Å². The highest BCUT2D eigenvalue weighted by atomic mass is 16.4.